The third-order valence-electron chi connectivity index (χ3n) is 3.10. The highest BCUT2D eigenvalue weighted by atomic mass is 79.9. The Morgan fingerprint density at radius 3 is 2.58 bits per heavy atom. The Morgan fingerprint density at radius 1 is 1.37 bits per heavy atom. The number of aromatic nitrogens is 2. The first-order valence-electron chi connectivity index (χ1n) is 5.97. The van der Waals surface area contributed by atoms with Crippen molar-refractivity contribution >= 4 is 15.9 Å². The summed E-state index contributed by atoms with van der Waals surface area (Å²) < 4.78 is 7.93. The summed E-state index contributed by atoms with van der Waals surface area (Å²) in [6, 6.07) is 7.90. The zero-order chi connectivity index (χ0) is 14.0. The molecule has 1 heterocycles. The third-order valence-corrected chi connectivity index (χ3v) is 3.63. The lowest BCUT2D eigenvalue weighted by Gasteiger charge is -2.24. The standard InChI is InChI=1S/C14H17BrN2O2/c1-14(18,8-10-4-6-11(15)7-5-10)13-12(19-3)9-16-17(13)2/h4-7,9,18H,8H2,1-3H3. The van der Waals surface area contributed by atoms with Crippen molar-refractivity contribution in [2.45, 2.75) is 18.9 Å². The van der Waals surface area contributed by atoms with Gasteiger partial charge in [-0.3, -0.25) is 4.68 Å². The molecule has 102 valence electrons. The fraction of sp³-hybridized carbons (Fsp3) is 0.357. The van der Waals surface area contributed by atoms with Crippen LogP contribution >= 0.6 is 15.9 Å². The maximum atomic E-state index is 10.7. The van der Waals surface area contributed by atoms with Crippen molar-refractivity contribution in [2.24, 2.45) is 7.05 Å². The van der Waals surface area contributed by atoms with Crippen LogP contribution in [0.25, 0.3) is 0 Å². The van der Waals surface area contributed by atoms with Crippen LogP contribution in [0.1, 0.15) is 18.2 Å². The van der Waals surface area contributed by atoms with E-state index >= 15 is 0 Å². The quantitative estimate of drug-likeness (QED) is 0.940. The molecule has 0 fully saturated rings. The molecule has 19 heavy (non-hydrogen) atoms. The summed E-state index contributed by atoms with van der Waals surface area (Å²) in [5, 5.41) is 14.9. The van der Waals surface area contributed by atoms with Crippen LogP contribution in [0.15, 0.2) is 34.9 Å². The topological polar surface area (TPSA) is 47.3 Å². The molecule has 1 aromatic heterocycles. The highest BCUT2D eigenvalue weighted by molar-refractivity contribution is 9.10. The Bertz CT molecular complexity index is 561. The van der Waals surface area contributed by atoms with Gasteiger partial charge >= 0.3 is 0 Å². The minimum Gasteiger partial charge on any atom is -0.493 e. The van der Waals surface area contributed by atoms with Crippen LogP contribution in [0.4, 0.5) is 0 Å². The molecular formula is C14H17BrN2O2. The first-order chi connectivity index (χ1) is 8.94. The molecule has 1 N–H and O–H groups in total. The lowest BCUT2D eigenvalue weighted by atomic mass is 9.92. The molecular weight excluding hydrogens is 308 g/mol. The zero-order valence-electron chi connectivity index (χ0n) is 11.2. The van der Waals surface area contributed by atoms with E-state index in [1.54, 1.807) is 32.0 Å². The van der Waals surface area contributed by atoms with Crippen LogP contribution < -0.4 is 4.74 Å². The number of halogens is 1. The van der Waals surface area contributed by atoms with E-state index in [0.717, 1.165) is 10.0 Å². The molecule has 0 radical (unpaired) electrons. The predicted octanol–water partition coefficient (Wildman–Crippen LogP) is 2.64. The number of aryl methyl sites for hydroxylation is 1. The fourth-order valence-electron chi connectivity index (χ4n) is 2.26. The van der Waals surface area contributed by atoms with E-state index in [2.05, 4.69) is 21.0 Å². The number of nitrogens with zero attached hydrogens (tertiary/aromatic N) is 2. The molecule has 2 aromatic rings. The first kappa shape index (κ1) is 14.1. The van der Waals surface area contributed by atoms with Gasteiger partial charge in [0.1, 0.15) is 11.3 Å². The van der Waals surface area contributed by atoms with Gasteiger partial charge in [0.25, 0.3) is 0 Å². The fourth-order valence-corrected chi connectivity index (χ4v) is 2.53. The monoisotopic (exact) mass is 324 g/mol. The number of aliphatic hydroxyl groups is 1. The summed E-state index contributed by atoms with van der Waals surface area (Å²) in [5.74, 6) is 0.601. The molecule has 0 aliphatic heterocycles. The maximum absolute atomic E-state index is 10.7. The molecule has 0 amide bonds. The van der Waals surface area contributed by atoms with Crippen LogP contribution in [-0.2, 0) is 19.1 Å². The summed E-state index contributed by atoms with van der Waals surface area (Å²) in [6.07, 6.45) is 2.11. The van der Waals surface area contributed by atoms with Crippen molar-refractivity contribution < 1.29 is 9.84 Å². The molecule has 0 bridgehead atoms. The molecule has 0 aliphatic carbocycles. The summed E-state index contributed by atoms with van der Waals surface area (Å²) in [6.45, 7) is 1.77. The zero-order valence-corrected chi connectivity index (χ0v) is 12.8. The Morgan fingerprint density at radius 2 is 2.00 bits per heavy atom. The molecule has 0 saturated heterocycles. The number of ether oxygens (including phenoxy) is 1. The maximum Gasteiger partial charge on any atom is 0.162 e. The average Bonchev–Trinajstić information content (AvgIpc) is 2.74. The summed E-state index contributed by atoms with van der Waals surface area (Å²) >= 11 is 3.40. The second kappa shape index (κ2) is 5.35. The van der Waals surface area contributed by atoms with Crippen molar-refractivity contribution in [2.75, 3.05) is 7.11 Å². The second-order valence-electron chi connectivity index (χ2n) is 4.76. The number of methoxy groups -OCH3 is 1. The van der Waals surface area contributed by atoms with E-state index in [-0.39, 0.29) is 0 Å². The van der Waals surface area contributed by atoms with Gasteiger partial charge in [-0.05, 0) is 24.6 Å². The van der Waals surface area contributed by atoms with Gasteiger partial charge < -0.3 is 9.84 Å². The van der Waals surface area contributed by atoms with Crippen LogP contribution in [0.5, 0.6) is 5.75 Å². The minimum atomic E-state index is -1.04. The summed E-state index contributed by atoms with van der Waals surface area (Å²) in [7, 11) is 3.38. The van der Waals surface area contributed by atoms with Gasteiger partial charge in [-0.1, -0.05) is 28.1 Å². The van der Waals surface area contributed by atoms with Gasteiger partial charge in [0.2, 0.25) is 0 Å². The lowest BCUT2D eigenvalue weighted by Crippen LogP contribution is -2.28. The van der Waals surface area contributed by atoms with E-state index in [1.807, 2.05) is 24.3 Å². The van der Waals surface area contributed by atoms with E-state index in [9.17, 15) is 5.11 Å². The molecule has 0 saturated carbocycles. The molecule has 4 nitrogen and oxygen atoms in total. The highest BCUT2D eigenvalue weighted by Crippen LogP contribution is 2.32. The van der Waals surface area contributed by atoms with Crippen molar-refractivity contribution in [1.29, 1.82) is 0 Å². The van der Waals surface area contributed by atoms with Crippen LogP contribution in [0.2, 0.25) is 0 Å². The highest BCUT2D eigenvalue weighted by Gasteiger charge is 2.31. The SMILES string of the molecule is COc1cnn(C)c1C(C)(O)Cc1ccc(Br)cc1. The Labute approximate surface area is 121 Å². The molecule has 5 heteroatoms. The predicted molar refractivity (Wildman–Crippen MR) is 77.2 cm³/mol. The van der Waals surface area contributed by atoms with Gasteiger partial charge in [-0.15, -0.1) is 0 Å². The molecule has 0 aliphatic rings. The normalized spacial score (nSPS) is 14.2. The van der Waals surface area contributed by atoms with Gasteiger partial charge in [-0.2, -0.15) is 5.10 Å². The van der Waals surface area contributed by atoms with Crippen LogP contribution in [0.3, 0.4) is 0 Å². The van der Waals surface area contributed by atoms with Gasteiger partial charge in [0.15, 0.2) is 5.75 Å². The minimum absolute atomic E-state index is 0.496. The second-order valence-corrected chi connectivity index (χ2v) is 5.68. The van der Waals surface area contributed by atoms with E-state index in [0.29, 0.717) is 17.9 Å². The number of rotatable bonds is 4. The molecule has 1 aromatic carbocycles. The van der Waals surface area contributed by atoms with Crippen molar-refractivity contribution in [3.05, 3.63) is 46.2 Å². The molecule has 2 rings (SSSR count). The Balaban J connectivity index is 2.31. The number of hydrogen-bond acceptors (Lipinski definition) is 3. The van der Waals surface area contributed by atoms with E-state index < -0.39 is 5.60 Å². The smallest absolute Gasteiger partial charge is 0.162 e. The largest absolute Gasteiger partial charge is 0.493 e. The number of benzene rings is 1. The van der Waals surface area contributed by atoms with E-state index in [4.69, 9.17) is 4.74 Å². The van der Waals surface area contributed by atoms with Gasteiger partial charge in [0, 0.05) is 17.9 Å². The number of hydrogen-bond donors (Lipinski definition) is 1. The van der Waals surface area contributed by atoms with Crippen molar-refractivity contribution in [3.8, 4) is 5.75 Å². The molecule has 1 unspecified atom stereocenters. The summed E-state index contributed by atoms with van der Waals surface area (Å²) in [4.78, 5) is 0. The van der Waals surface area contributed by atoms with Crippen molar-refractivity contribution in [1.82, 2.24) is 9.78 Å². The Hall–Kier alpha value is -1.33. The van der Waals surface area contributed by atoms with Gasteiger partial charge in [-0.25, -0.2) is 0 Å². The molecule has 0 spiro atoms. The Kier molecular flexibility index (Phi) is 3.96. The molecule has 1 atom stereocenters. The van der Waals surface area contributed by atoms with E-state index in [1.165, 1.54) is 0 Å². The lowest BCUT2D eigenvalue weighted by molar-refractivity contribution is 0.0463. The third kappa shape index (κ3) is 2.98. The van der Waals surface area contributed by atoms with Crippen LogP contribution in [-0.4, -0.2) is 22.0 Å². The van der Waals surface area contributed by atoms with Crippen molar-refractivity contribution in [3.63, 3.8) is 0 Å². The van der Waals surface area contributed by atoms with Crippen LogP contribution in [0, 0.1) is 0 Å². The summed E-state index contributed by atoms with van der Waals surface area (Å²) in [5.41, 5.74) is 0.694. The first-order valence-corrected chi connectivity index (χ1v) is 6.76. The average molecular weight is 325 g/mol. The van der Waals surface area contributed by atoms with Gasteiger partial charge in [0.05, 0.1) is 13.3 Å².